The number of unbranched alkanes of at least 4 members (excludes halogenated alkanes) is 1. The largest absolute Gasteiger partial charge is 0.508 e. The molecule has 2 aliphatic heterocycles. The van der Waals surface area contributed by atoms with E-state index in [1.54, 1.807) is 31.2 Å². The fourth-order valence-electron chi connectivity index (χ4n) is 6.68. The maximum Gasteiger partial charge on any atom is 0.228 e. The van der Waals surface area contributed by atoms with E-state index in [9.17, 15) is 19.1 Å². The highest BCUT2D eigenvalue weighted by Gasteiger charge is 2.48. The molecule has 0 spiro atoms. The third kappa shape index (κ3) is 6.52. The predicted octanol–water partition coefficient (Wildman–Crippen LogP) is 5.10. The standard InChI is InChI=1S/C32H44FN3O3/c1-21-14-15-22(2)36(21)32(39)28-20-35(17-7-6-16-34(4)5)19-27(31(38)24-10-8-11-25(37)18-24)30(28)26-12-9-13-29(33)23(26)3/h8-13,18,21-22,27-28,30,37H,6-7,14-17,19-20H2,1-5H3/t21-,22-,27?,28?,30?/m0/s1. The van der Waals surface area contributed by atoms with Crippen molar-refractivity contribution in [1.82, 2.24) is 14.7 Å². The third-order valence-electron chi connectivity index (χ3n) is 8.77. The van der Waals surface area contributed by atoms with Crippen molar-refractivity contribution in [3.63, 3.8) is 0 Å². The molecule has 7 heteroatoms. The number of benzene rings is 2. The first-order valence-electron chi connectivity index (χ1n) is 14.4. The Morgan fingerprint density at radius 1 is 1.00 bits per heavy atom. The van der Waals surface area contributed by atoms with Crippen LogP contribution in [0.5, 0.6) is 5.75 Å². The number of likely N-dealkylation sites (tertiary alicyclic amines) is 2. The van der Waals surface area contributed by atoms with E-state index in [-0.39, 0.29) is 35.3 Å². The molecule has 0 bridgehead atoms. The van der Waals surface area contributed by atoms with Crippen LogP contribution >= 0.6 is 0 Å². The summed E-state index contributed by atoms with van der Waals surface area (Å²) in [6.07, 6.45) is 3.92. The van der Waals surface area contributed by atoms with Crippen molar-refractivity contribution in [3.05, 3.63) is 65.0 Å². The molecule has 39 heavy (non-hydrogen) atoms. The Kier molecular flexibility index (Phi) is 9.44. The SMILES string of the molecule is Cc1c(F)cccc1C1C(C(=O)c2cccc(O)c2)CN(CCCCN(C)C)CC1C(=O)N1[C@@H](C)CC[C@@H]1C. The molecule has 0 aromatic heterocycles. The number of amides is 1. The zero-order valence-corrected chi connectivity index (χ0v) is 24.1. The number of carbonyl (C=O) groups excluding carboxylic acids is 2. The van der Waals surface area contributed by atoms with Gasteiger partial charge in [0.05, 0.1) is 5.92 Å². The molecule has 0 aliphatic carbocycles. The first-order chi connectivity index (χ1) is 18.6. The van der Waals surface area contributed by atoms with Gasteiger partial charge in [-0.1, -0.05) is 24.3 Å². The minimum absolute atomic E-state index is 0.0306. The molecule has 2 aromatic carbocycles. The quantitative estimate of drug-likeness (QED) is 0.356. The second-order valence-electron chi connectivity index (χ2n) is 11.9. The molecular weight excluding hydrogens is 493 g/mol. The van der Waals surface area contributed by atoms with Crippen LogP contribution in [0.3, 0.4) is 0 Å². The van der Waals surface area contributed by atoms with Gasteiger partial charge in [-0.25, -0.2) is 4.39 Å². The lowest BCUT2D eigenvalue weighted by molar-refractivity contribution is -0.141. The second kappa shape index (κ2) is 12.6. The molecule has 2 fully saturated rings. The summed E-state index contributed by atoms with van der Waals surface area (Å²) >= 11 is 0. The Bertz CT molecular complexity index is 1160. The average Bonchev–Trinajstić information content (AvgIpc) is 3.24. The van der Waals surface area contributed by atoms with Gasteiger partial charge >= 0.3 is 0 Å². The van der Waals surface area contributed by atoms with Crippen molar-refractivity contribution in [2.75, 3.05) is 40.3 Å². The zero-order valence-electron chi connectivity index (χ0n) is 24.1. The van der Waals surface area contributed by atoms with E-state index in [1.165, 1.54) is 12.1 Å². The smallest absolute Gasteiger partial charge is 0.228 e. The molecule has 6 nitrogen and oxygen atoms in total. The van der Waals surface area contributed by atoms with Crippen LogP contribution in [-0.2, 0) is 4.79 Å². The second-order valence-corrected chi connectivity index (χ2v) is 11.9. The molecule has 5 atom stereocenters. The van der Waals surface area contributed by atoms with Gasteiger partial charge < -0.3 is 19.8 Å². The molecule has 2 heterocycles. The summed E-state index contributed by atoms with van der Waals surface area (Å²) in [6.45, 7) is 8.75. The maximum atomic E-state index is 14.9. The highest BCUT2D eigenvalue weighted by atomic mass is 19.1. The molecule has 2 aliphatic rings. The molecule has 4 rings (SSSR count). The molecule has 0 saturated carbocycles. The van der Waals surface area contributed by atoms with Crippen LogP contribution in [-0.4, -0.2) is 83.9 Å². The fraction of sp³-hybridized carbons (Fsp3) is 0.562. The molecule has 1 amide bonds. The van der Waals surface area contributed by atoms with Crippen LogP contribution in [0, 0.1) is 24.6 Å². The first kappa shape index (κ1) is 29.2. The number of piperidine rings is 1. The number of aromatic hydroxyl groups is 1. The number of hydrogen-bond donors (Lipinski definition) is 1. The minimum Gasteiger partial charge on any atom is -0.508 e. The van der Waals surface area contributed by atoms with Gasteiger partial charge in [0, 0.05) is 42.6 Å². The summed E-state index contributed by atoms with van der Waals surface area (Å²) in [5.74, 6) is -1.81. The average molecular weight is 538 g/mol. The fourth-order valence-corrected chi connectivity index (χ4v) is 6.68. The van der Waals surface area contributed by atoms with Gasteiger partial charge in [-0.05, 0) is 103 Å². The highest BCUT2D eigenvalue weighted by molar-refractivity contribution is 5.99. The van der Waals surface area contributed by atoms with Crippen LogP contribution in [0.1, 0.15) is 66.9 Å². The molecule has 1 N–H and O–H groups in total. The first-order valence-corrected chi connectivity index (χ1v) is 14.4. The molecule has 212 valence electrons. The molecule has 2 aromatic rings. The number of halogens is 1. The van der Waals surface area contributed by atoms with Crippen molar-refractivity contribution < 1.29 is 19.1 Å². The van der Waals surface area contributed by atoms with E-state index in [1.807, 2.05) is 11.0 Å². The Labute approximate surface area is 232 Å². The Hall–Kier alpha value is -2.77. The van der Waals surface area contributed by atoms with Crippen LogP contribution in [0.25, 0.3) is 0 Å². The van der Waals surface area contributed by atoms with Crippen LogP contribution in [0.15, 0.2) is 42.5 Å². The van der Waals surface area contributed by atoms with Crippen molar-refractivity contribution in [2.45, 2.75) is 64.5 Å². The van der Waals surface area contributed by atoms with Gasteiger partial charge in [0.2, 0.25) is 5.91 Å². The molecule has 2 saturated heterocycles. The van der Waals surface area contributed by atoms with Gasteiger partial charge in [-0.15, -0.1) is 0 Å². The minimum atomic E-state index is -0.544. The number of hydrogen-bond acceptors (Lipinski definition) is 5. The number of nitrogens with zero attached hydrogens (tertiary/aromatic N) is 3. The van der Waals surface area contributed by atoms with Gasteiger partial charge in [-0.3, -0.25) is 9.59 Å². The summed E-state index contributed by atoms with van der Waals surface area (Å²) in [6, 6.07) is 11.7. The van der Waals surface area contributed by atoms with Crippen molar-refractivity contribution in [1.29, 1.82) is 0 Å². The normalized spacial score (nSPS) is 25.8. The van der Waals surface area contributed by atoms with Gasteiger partial charge in [0.1, 0.15) is 11.6 Å². The van der Waals surface area contributed by atoms with Gasteiger partial charge in [-0.2, -0.15) is 0 Å². The maximum absolute atomic E-state index is 14.9. The molecular formula is C32H44FN3O3. The van der Waals surface area contributed by atoms with Crippen LogP contribution in [0.4, 0.5) is 4.39 Å². The van der Waals surface area contributed by atoms with Crippen molar-refractivity contribution in [2.24, 2.45) is 11.8 Å². The van der Waals surface area contributed by atoms with Gasteiger partial charge in [0.25, 0.3) is 0 Å². The van der Waals surface area contributed by atoms with E-state index in [4.69, 9.17) is 0 Å². The number of carbonyl (C=O) groups is 2. The molecule has 0 radical (unpaired) electrons. The highest BCUT2D eigenvalue weighted by Crippen LogP contribution is 2.43. The zero-order chi connectivity index (χ0) is 28.3. The van der Waals surface area contributed by atoms with Crippen molar-refractivity contribution >= 4 is 11.7 Å². The lowest BCUT2D eigenvalue weighted by Crippen LogP contribution is -2.55. The van der Waals surface area contributed by atoms with Crippen LogP contribution < -0.4 is 0 Å². The summed E-state index contributed by atoms with van der Waals surface area (Å²) in [5, 5.41) is 10.1. The van der Waals surface area contributed by atoms with E-state index in [0.717, 1.165) is 44.3 Å². The Morgan fingerprint density at radius 2 is 1.67 bits per heavy atom. The lowest BCUT2D eigenvalue weighted by Gasteiger charge is -2.45. The van der Waals surface area contributed by atoms with E-state index in [2.05, 4.69) is 37.7 Å². The summed E-state index contributed by atoms with van der Waals surface area (Å²) in [5.41, 5.74) is 1.65. The van der Waals surface area contributed by atoms with E-state index >= 15 is 0 Å². The number of phenols is 1. The summed E-state index contributed by atoms with van der Waals surface area (Å²) in [7, 11) is 4.12. The number of Topliss-reactive ketones (excluding diaryl/α,β-unsaturated/α-hetero) is 1. The van der Waals surface area contributed by atoms with Gasteiger partial charge in [0.15, 0.2) is 5.78 Å². The summed E-state index contributed by atoms with van der Waals surface area (Å²) < 4.78 is 14.9. The monoisotopic (exact) mass is 537 g/mol. The molecule has 3 unspecified atom stereocenters. The Morgan fingerprint density at radius 3 is 2.33 bits per heavy atom. The van der Waals surface area contributed by atoms with E-state index in [0.29, 0.717) is 24.2 Å². The topological polar surface area (TPSA) is 64.1 Å². The van der Waals surface area contributed by atoms with E-state index < -0.39 is 17.8 Å². The number of ketones is 1. The van der Waals surface area contributed by atoms with Crippen LogP contribution in [0.2, 0.25) is 0 Å². The lowest BCUT2D eigenvalue weighted by atomic mass is 9.69. The Balaban J connectivity index is 1.77. The van der Waals surface area contributed by atoms with Crippen molar-refractivity contribution in [3.8, 4) is 5.75 Å². The summed E-state index contributed by atoms with van der Waals surface area (Å²) in [4.78, 5) is 35.0. The number of phenolic OH excluding ortho intramolecular Hbond substituents is 1. The number of rotatable bonds is 9. The predicted molar refractivity (Wildman–Crippen MR) is 153 cm³/mol. The third-order valence-corrected chi connectivity index (χ3v) is 8.77.